The van der Waals surface area contributed by atoms with Crippen molar-refractivity contribution in [3.63, 3.8) is 0 Å². The summed E-state index contributed by atoms with van der Waals surface area (Å²) in [5.74, 6) is 0. The van der Waals surface area contributed by atoms with E-state index in [-0.39, 0.29) is 6.03 Å². The van der Waals surface area contributed by atoms with E-state index in [1.165, 1.54) is 0 Å². The Balaban J connectivity index is 1.80. The molecule has 1 fully saturated rings. The minimum absolute atomic E-state index is 0.0344. The first kappa shape index (κ1) is 16.9. The third-order valence-electron chi connectivity index (χ3n) is 4.23. The fraction of sp³-hybridized carbons (Fsp3) is 0.444. The summed E-state index contributed by atoms with van der Waals surface area (Å²) in [6, 6.07) is 9.94. The Hall–Kier alpha value is -1.95. The molecule has 24 heavy (non-hydrogen) atoms. The topological polar surface area (TPSA) is 50.2 Å². The average Bonchev–Trinajstić information content (AvgIpc) is 2.83. The van der Waals surface area contributed by atoms with Crippen LogP contribution in [0, 0.1) is 13.8 Å². The largest absolute Gasteiger partial charge is 0.322 e. The Morgan fingerprint density at radius 2 is 1.79 bits per heavy atom. The normalized spacial score (nSPS) is 20.9. The Morgan fingerprint density at radius 3 is 2.42 bits per heavy atom. The number of rotatable bonds is 2. The lowest BCUT2D eigenvalue weighted by molar-refractivity contribution is 0.211. The third kappa shape index (κ3) is 3.43. The van der Waals surface area contributed by atoms with Gasteiger partial charge in [0.25, 0.3) is 0 Å². The second-order valence-corrected chi connectivity index (χ2v) is 8.27. The molecular weight excluding hydrogens is 320 g/mol. The second kappa shape index (κ2) is 6.89. The van der Waals surface area contributed by atoms with E-state index in [0.29, 0.717) is 10.5 Å². The molecule has 0 bridgehead atoms. The van der Waals surface area contributed by atoms with E-state index in [4.69, 9.17) is 0 Å². The van der Waals surface area contributed by atoms with Gasteiger partial charge < -0.3 is 10.2 Å². The molecule has 0 saturated carbocycles. The van der Waals surface area contributed by atoms with Crippen LogP contribution in [0.25, 0.3) is 5.69 Å². The van der Waals surface area contributed by atoms with Crippen LogP contribution in [0.15, 0.2) is 30.3 Å². The Bertz CT molecular complexity index is 718. The van der Waals surface area contributed by atoms with Crippen LogP contribution in [0.3, 0.4) is 0 Å². The van der Waals surface area contributed by atoms with Crippen LogP contribution < -0.4 is 5.32 Å². The molecule has 6 heteroatoms. The number of anilines is 1. The number of aryl methyl sites for hydroxylation is 1. The highest BCUT2D eigenvalue weighted by Crippen LogP contribution is 2.27. The lowest BCUT2D eigenvalue weighted by Crippen LogP contribution is -2.46. The molecule has 128 valence electrons. The number of para-hydroxylation sites is 1. The number of nitrogens with zero attached hydrogens (tertiary/aromatic N) is 3. The summed E-state index contributed by atoms with van der Waals surface area (Å²) in [5, 5.41) is 8.59. The highest BCUT2D eigenvalue weighted by molar-refractivity contribution is 8.00. The summed E-state index contributed by atoms with van der Waals surface area (Å²) in [6.07, 6.45) is 0. The van der Waals surface area contributed by atoms with Gasteiger partial charge in [0.05, 0.1) is 22.8 Å². The van der Waals surface area contributed by atoms with Gasteiger partial charge in [-0.15, -0.1) is 0 Å². The average molecular weight is 344 g/mol. The van der Waals surface area contributed by atoms with E-state index >= 15 is 0 Å². The number of carbonyl (C=O) groups excluding carboxylic acids is 1. The maximum Gasteiger partial charge on any atom is 0.322 e. The van der Waals surface area contributed by atoms with Crippen molar-refractivity contribution >= 4 is 23.5 Å². The molecular formula is C18H24N4OS. The standard InChI is InChI=1S/C18H24N4OS/c1-12-10-21(11-13(2)24-12)18(23)19-17-14(3)20-22(15(17)4)16-8-6-5-7-9-16/h5-9,12-13H,10-11H2,1-4H3,(H,19,23)/t12-,13+. The van der Waals surface area contributed by atoms with E-state index in [1.807, 2.05) is 65.5 Å². The quantitative estimate of drug-likeness (QED) is 0.900. The molecule has 1 aliphatic rings. The zero-order valence-electron chi connectivity index (χ0n) is 14.6. The molecule has 0 spiro atoms. The van der Waals surface area contributed by atoms with Crippen LogP contribution in [0.2, 0.25) is 0 Å². The number of hydrogen-bond acceptors (Lipinski definition) is 3. The van der Waals surface area contributed by atoms with E-state index in [1.54, 1.807) is 0 Å². The molecule has 0 unspecified atom stereocenters. The number of urea groups is 1. The van der Waals surface area contributed by atoms with Crippen LogP contribution >= 0.6 is 11.8 Å². The first-order valence-electron chi connectivity index (χ1n) is 8.28. The molecule has 1 aromatic heterocycles. The zero-order chi connectivity index (χ0) is 17.3. The summed E-state index contributed by atoms with van der Waals surface area (Å²) < 4.78 is 1.88. The lowest BCUT2D eigenvalue weighted by atomic mass is 10.3. The fourth-order valence-corrected chi connectivity index (χ4v) is 4.50. The number of thioether (sulfide) groups is 1. The van der Waals surface area contributed by atoms with E-state index in [9.17, 15) is 4.79 Å². The van der Waals surface area contributed by atoms with Gasteiger partial charge in [0.2, 0.25) is 0 Å². The van der Waals surface area contributed by atoms with E-state index in [0.717, 1.165) is 35.9 Å². The van der Waals surface area contributed by atoms with Gasteiger partial charge in [-0.2, -0.15) is 16.9 Å². The molecule has 2 heterocycles. The van der Waals surface area contributed by atoms with Crippen LogP contribution in [0.4, 0.5) is 10.5 Å². The van der Waals surface area contributed by atoms with Gasteiger partial charge in [-0.3, -0.25) is 0 Å². The van der Waals surface area contributed by atoms with Crippen molar-refractivity contribution in [2.75, 3.05) is 18.4 Å². The van der Waals surface area contributed by atoms with Crippen molar-refractivity contribution in [2.45, 2.75) is 38.2 Å². The predicted octanol–water partition coefficient (Wildman–Crippen LogP) is 3.85. The van der Waals surface area contributed by atoms with Crippen LogP contribution in [-0.2, 0) is 0 Å². The minimum Gasteiger partial charge on any atom is -0.322 e. The van der Waals surface area contributed by atoms with Crippen molar-refractivity contribution in [1.29, 1.82) is 0 Å². The van der Waals surface area contributed by atoms with Crippen LogP contribution in [-0.4, -0.2) is 44.3 Å². The van der Waals surface area contributed by atoms with Crippen molar-refractivity contribution in [1.82, 2.24) is 14.7 Å². The summed E-state index contributed by atoms with van der Waals surface area (Å²) in [4.78, 5) is 14.6. The fourth-order valence-electron chi connectivity index (χ4n) is 3.17. The lowest BCUT2D eigenvalue weighted by Gasteiger charge is -2.34. The van der Waals surface area contributed by atoms with Crippen molar-refractivity contribution in [2.24, 2.45) is 0 Å². The monoisotopic (exact) mass is 344 g/mol. The zero-order valence-corrected chi connectivity index (χ0v) is 15.4. The predicted molar refractivity (Wildman–Crippen MR) is 100 cm³/mol. The molecule has 3 rings (SSSR count). The summed E-state index contributed by atoms with van der Waals surface area (Å²) in [6.45, 7) is 9.83. The molecule has 1 N–H and O–H groups in total. The number of amides is 2. The SMILES string of the molecule is Cc1nn(-c2ccccc2)c(C)c1NC(=O)N1C[C@@H](C)S[C@@H](C)C1. The number of benzene rings is 1. The van der Waals surface area contributed by atoms with Gasteiger partial charge in [0, 0.05) is 23.6 Å². The molecule has 2 atom stereocenters. The third-order valence-corrected chi connectivity index (χ3v) is 5.46. The maximum absolute atomic E-state index is 12.7. The summed E-state index contributed by atoms with van der Waals surface area (Å²) in [5.41, 5.74) is 3.58. The second-order valence-electron chi connectivity index (χ2n) is 6.39. The molecule has 2 amide bonds. The molecule has 5 nitrogen and oxygen atoms in total. The number of nitrogens with one attached hydrogen (secondary N) is 1. The number of hydrogen-bond donors (Lipinski definition) is 1. The molecule has 1 aromatic carbocycles. The number of aromatic nitrogens is 2. The van der Waals surface area contributed by atoms with Gasteiger partial charge in [-0.05, 0) is 26.0 Å². The van der Waals surface area contributed by atoms with Crippen molar-refractivity contribution < 1.29 is 4.79 Å². The summed E-state index contributed by atoms with van der Waals surface area (Å²) in [7, 11) is 0. The van der Waals surface area contributed by atoms with Crippen molar-refractivity contribution in [3.05, 3.63) is 41.7 Å². The maximum atomic E-state index is 12.7. The number of carbonyl (C=O) groups is 1. The Morgan fingerprint density at radius 1 is 1.17 bits per heavy atom. The first-order valence-corrected chi connectivity index (χ1v) is 9.23. The van der Waals surface area contributed by atoms with Crippen LogP contribution in [0.1, 0.15) is 25.2 Å². The van der Waals surface area contributed by atoms with E-state index in [2.05, 4.69) is 24.3 Å². The highest BCUT2D eigenvalue weighted by Gasteiger charge is 2.27. The minimum atomic E-state index is -0.0344. The molecule has 0 radical (unpaired) electrons. The molecule has 2 aromatic rings. The summed E-state index contributed by atoms with van der Waals surface area (Å²) >= 11 is 1.94. The van der Waals surface area contributed by atoms with Gasteiger partial charge in [-0.25, -0.2) is 9.48 Å². The van der Waals surface area contributed by atoms with Crippen molar-refractivity contribution in [3.8, 4) is 5.69 Å². The van der Waals surface area contributed by atoms with Crippen LogP contribution in [0.5, 0.6) is 0 Å². The Kier molecular flexibility index (Phi) is 4.85. The molecule has 0 aliphatic carbocycles. The van der Waals surface area contributed by atoms with E-state index < -0.39 is 0 Å². The van der Waals surface area contributed by atoms with Gasteiger partial charge in [0.1, 0.15) is 0 Å². The van der Waals surface area contributed by atoms with Gasteiger partial charge in [-0.1, -0.05) is 32.0 Å². The highest BCUT2D eigenvalue weighted by atomic mass is 32.2. The van der Waals surface area contributed by atoms with Gasteiger partial charge in [0.15, 0.2) is 0 Å². The molecule has 1 aliphatic heterocycles. The smallest absolute Gasteiger partial charge is 0.322 e. The Labute approximate surface area is 147 Å². The molecule has 1 saturated heterocycles. The first-order chi connectivity index (χ1) is 11.5. The van der Waals surface area contributed by atoms with Gasteiger partial charge >= 0.3 is 6.03 Å².